The van der Waals surface area contributed by atoms with Crippen molar-refractivity contribution in [1.82, 2.24) is 5.32 Å². The molecular weight excluding hydrogens is 357 g/mol. The van der Waals surface area contributed by atoms with Crippen molar-refractivity contribution in [1.29, 1.82) is 0 Å². The van der Waals surface area contributed by atoms with Gasteiger partial charge < -0.3 is 10.1 Å². The first kappa shape index (κ1) is 19.8. The molecule has 0 fully saturated rings. The molecule has 1 aliphatic rings. The fraction of sp³-hybridized carbons (Fsp3) is 0.304. The average molecular weight is 381 g/mol. The number of amides is 1. The molecule has 0 heterocycles. The standard InChI is InChI=1S/C23H24FNO3/c1-4-7-19-15(3)8-6-9-20(19)21(26)25-23(22(27)28-5-2)13-16-10-11-18(24)12-17(16)14-23/h4,6-12H,5,13-14H2,1-3H3,(H,25,26)/b7-4+. The van der Waals surface area contributed by atoms with Crippen LogP contribution in [-0.2, 0) is 22.4 Å². The third kappa shape index (κ3) is 3.70. The van der Waals surface area contributed by atoms with Gasteiger partial charge in [-0.2, -0.15) is 0 Å². The summed E-state index contributed by atoms with van der Waals surface area (Å²) in [7, 11) is 0. The second-order valence-corrected chi connectivity index (χ2v) is 7.06. The molecule has 2 aromatic carbocycles. The predicted octanol–water partition coefficient (Wildman–Crippen LogP) is 4.00. The largest absolute Gasteiger partial charge is 0.464 e. The first-order valence-corrected chi connectivity index (χ1v) is 9.39. The Morgan fingerprint density at radius 3 is 2.68 bits per heavy atom. The molecule has 0 aromatic heterocycles. The second-order valence-electron chi connectivity index (χ2n) is 7.06. The SMILES string of the molecule is C/C=C/c1c(C)cccc1C(=O)NC1(C(=O)OCC)Cc2ccc(F)cc2C1. The van der Waals surface area contributed by atoms with Crippen molar-refractivity contribution in [3.05, 3.63) is 76.1 Å². The minimum atomic E-state index is -1.24. The van der Waals surface area contributed by atoms with Crippen molar-refractivity contribution in [3.63, 3.8) is 0 Å². The van der Waals surface area contributed by atoms with Gasteiger partial charge in [0.1, 0.15) is 11.4 Å². The molecule has 1 N–H and O–H groups in total. The number of nitrogens with one attached hydrogen (secondary N) is 1. The molecule has 4 nitrogen and oxygen atoms in total. The van der Waals surface area contributed by atoms with Crippen molar-refractivity contribution >= 4 is 18.0 Å². The highest BCUT2D eigenvalue weighted by Crippen LogP contribution is 2.32. The summed E-state index contributed by atoms with van der Waals surface area (Å²) in [6.45, 7) is 5.74. The summed E-state index contributed by atoms with van der Waals surface area (Å²) in [6, 6.07) is 9.93. The van der Waals surface area contributed by atoms with Crippen molar-refractivity contribution in [2.75, 3.05) is 6.61 Å². The number of carbonyl (C=O) groups is 2. The predicted molar refractivity (Wildman–Crippen MR) is 107 cm³/mol. The van der Waals surface area contributed by atoms with Gasteiger partial charge in [-0.1, -0.05) is 30.4 Å². The summed E-state index contributed by atoms with van der Waals surface area (Å²) in [5.41, 5.74) is 2.58. The Bertz CT molecular complexity index is 951. The zero-order valence-electron chi connectivity index (χ0n) is 16.3. The van der Waals surface area contributed by atoms with Crippen molar-refractivity contribution in [2.45, 2.75) is 39.2 Å². The minimum absolute atomic E-state index is 0.204. The Hall–Kier alpha value is -2.95. The molecule has 1 amide bonds. The van der Waals surface area contributed by atoms with Crippen molar-refractivity contribution in [3.8, 4) is 0 Å². The Labute approximate surface area is 164 Å². The normalized spacial score (nSPS) is 18.1. The molecule has 3 rings (SSSR count). The van der Waals surface area contributed by atoms with Crippen LogP contribution < -0.4 is 5.32 Å². The van der Waals surface area contributed by atoms with E-state index in [2.05, 4.69) is 5.32 Å². The minimum Gasteiger partial charge on any atom is -0.464 e. The maximum atomic E-state index is 13.7. The van der Waals surface area contributed by atoms with Crippen LogP contribution >= 0.6 is 0 Å². The Balaban J connectivity index is 1.98. The zero-order valence-corrected chi connectivity index (χ0v) is 16.3. The molecule has 2 aromatic rings. The van der Waals surface area contributed by atoms with E-state index >= 15 is 0 Å². The van der Waals surface area contributed by atoms with Crippen molar-refractivity contribution in [2.24, 2.45) is 0 Å². The van der Waals surface area contributed by atoms with Crippen LogP contribution in [0.15, 0.2) is 42.5 Å². The number of aryl methyl sites for hydroxylation is 1. The van der Waals surface area contributed by atoms with Gasteiger partial charge in [-0.25, -0.2) is 9.18 Å². The number of ether oxygens (including phenoxy) is 1. The highest BCUT2D eigenvalue weighted by Gasteiger charge is 2.46. The summed E-state index contributed by atoms with van der Waals surface area (Å²) in [5.74, 6) is -1.21. The Kier molecular flexibility index (Phi) is 5.63. The lowest BCUT2D eigenvalue weighted by Crippen LogP contribution is -2.56. The van der Waals surface area contributed by atoms with E-state index < -0.39 is 11.5 Å². The number of benzene rings is 2. The number of rotatable bonds is 5. The number of hydrogen-bond donors (Lipinski definition) is 1. The van der Waals surface area contributed by atoms with E-state index in [1.807, 2.05) is 38.1 Å². The number of esters is 1. The van der Waals surface area contributed by atoms with Crippen LogP contribution in [0.3, 0.4) is 0 Å². The maximum Gasteiger partial charge on any atom is 0.332 e. The zero-order chi connectivity index (χ0) is 20.3. The van der Waals surface area contributed by atoms with E-state index in [1.54, 1.807) is 19.1 Å². The lowest BCUT2D eigenvalue weighted by molar-refractivity contribution is -0.150. The molecule has 28 heavy (non-hydrogen) atoms. The second kappa shape index (κ2) is 7.97. The van der Waals surface area contributed by atoms with Gasteiger partial charge in [-0.3, -0.25) is 4.79 Å². The summed E-state index contributed by atoms with van der Waals surface area (Å²) in [4.78, 5) is 26.0. The van der Waals surface area contributed by atoms with Gasteiger partial charge in [0, 0.05) is 18.4 Å². The third-order valence-corrected chi connectivity index (χ3v) is 5.07. The summed E-state index contributed by atoms with van der Waals surface area (Å²) >= 11 is 0. The Morgan fingerprint density at radius 2 is 1.96 bits per heavy atom. The van der Waals surface area contributed by atoms with E-state index in [0.717, 1.165) is 16.7 Å². The van der Waals surface area contributed by atoms with Crippen LogP contribution in [-0.4, -0.2) is 24.0 Å². The number of carbonyl (C=O) groups excluding carboxylic acids is 2. The van der Waals surface area contributed by atoms with Crippen LogP contribution in [0.4, 0.5) is 4.39 Å². The van der Waals surface area contributed by atoms with Gasteiger partial charge in [0.15, 0.2) is 0 Å². The molecule has 0 spiro atoms. The van der Waals surface area contributed by atoms with Gasteiger partial charge >= 0.3 is 5.97 Å². The molecule has 1 aliphatic carbocycles. The molecule has 1 atom stereocenters. The first-order chi connectivity index (χ1) is 13.4. The number of hydrogen-bond acceptors (Lipinski definition) is 3. The van der Waals surface area contributed by atoms with E-state index in [0.29, 0.717) is 11.1 Å². The van der Waals surface area contributed by atoms with Gasteiger partial charge in [0.25, 0.3) is 5.91 Å². The quantitative estimate of drug-likeness (QED) is 0.797. The molecule has 146 valence electrons. The first-order valence-electron chi connectivity index (χ1n) is 9.39. The smallest absolute Gasteiger partial charge is 0.332 e. The summed E-state index contributed by atoms with van der Waals surface area (Å²) in [5, 5.41) is 2.92. The summed E-state index contributed by atoms with van der Waals surface area (Å²) < 4.78 is 18.9. The Morgan fingerprint density at radius 1 is 1.21 bits per heavy atom. The van der Waals surface area contributed by atoms with Crippen LogP contribution in [0.1, 0.15) is 46.5 Å². The molecule has 0 aliphatic heterocycles. The van der Waals surface area contributed by atoms with Crippen LogP contribution in [0.25, 0.3) is 6.08 Å². The molecule has 0 saturated carbocycles. The molecule has 0 bridgehead atoms. The van der Waals surface area contributed by atoms with Gasteiger partial charge in [0.05, 0.1) is 6.61 Å². The van der Waals surface area contributed by atoms with E-state index in [-0.39, 0.29) is 31.2 Å². The maximum absolute atomic E-state index is 13.7. The molecular formula is C23H24FNO3. The highest BCUT2D eigenvalue weighted by atomic mass is 19.1. The lowest BCUT2D eigenvalue weighted by atomic mass is 9.93. The van der Waals surface area contributed by atoms with Gasteiger partial charge in [0.2, 0.25) is 0 Å². The van der Waals surface area contributed by atoms with E-state index in [4.69, 9.17) is 4.74 Å². The average Bonchev–Trinajstić information content (AvgIpc) is 3.02. The van der Waals surface area contributed by atoms with Crippen LogP contribution in [0, 0.1) is 12.7 Å². The lowest BCUT2D eigenvalue weighted by Gasteiger charge is -2.28. The fourth-order valence-corrected chi connectivity index (χ4v) is 3.75. The number of fused-ring (bicyclic) bond motifs is 1. The fourth-order valence-electron chi connectivity index (χ4n) is 3.75. The molecule has 0 radical (unpaired) electrons. The van der Waals surface area contributed by atoms with Gasteiger partial charge in [-0.05, 0) is 61.2 Å². The number of allylic oxidation sites excluding steroid dienone is 1. The highest BCUT2D eigenvalue weighted by molar-refractivity contribution is 6.01. The van der Waals surface area contributed by atoms with Gasteiger partial charge in [-0.15, -0.1) is 0 Å². The van der Waals surface area contributed by atoms with E-state index in [1.165, 1.54) is 12.1 Å². The van der Waals surface area contributed by atoms with Crippen LogP contribution in [0.5, 0.6) is 0 Å². The van der Waals surface area contributed by atoms with Crippen LogP contribution in [0.2, 0.25) is 0 Å². The third-order valence-electron chi connectivity index (χ3n) is 5.07. The molecule has 1 unspecified atom stereocenters. The topological polar surface area (TPSA) is 55.4 Å². The van der Waals surface area contributed by atoms with E-state index in [9.17, 15) is 14.0 Å². The van der Waals surface area contributed by atoms with Crippen molar-refractivity contribution < 1.29 is 18.7 Å². The number of halogens is 1. The molecule has 5 heteroatoms. The molecule has 0 saturated heterocycles. The monoisotopic (exact) mass is 381 g/mol. The summed E-state index contributed by atoms with van der Waals surface area (Å²) in [6.07, 6.45) is 4.22.